The summed E-state index contributed by atoms with van der Waals surface area (Å²) < 4.78 is 15.9. The summed E-state index contributed by atoms with van der Waals surface area (Å²) in [4.78, 5) is 12.1. The molecule has 2 rings (SSSR count). The number of benzene rings is 2. The van der Waals surface area contributed by atoms with E-state index in [4.69, 9.17) is 19.9 Å². The molecule has 0 fully saturated rings. The van der Waals surface area contributed by atoms with Gasteiger partial charge in [-0.3, -0.25) is 4.79 Å². The van der Waals surface area contributed by atoms with Gasteiger partial charge in [-0.2, -0.15) is 5.10 Å². The average molecular weight is 343 g/mol. The summed E-state index contributed by atoms with van der Waals surface area (Å²) in [6, 6.07) is 10.5. The van der Waals surface area contributed by atoms with E-state index < -0.39 is 0 Å². The first-order chi connectivity index (χ1) is 12.1. The van der Waals surface area contributed by atoms with Gasteiger partial charge in [-0.25, -0.2) is 5.43 Å². The third-order valence-electron chi connectivity index (χ3n) is 3.56. The molecule has 0 aliphatic heterocycles. The Hall–Kier alpha value is -3.06. The van der Waals surface area contributed by atoms with Crippen molar-refractivity contribution in [1.29, 1.82) is 0 Å². The van der Waals surface area contributed by atoms with Crippen LogP contribution in [-0.4, -0.2) is 33.5 Å². The van der Waals surface area contributed by atoms with Crippen LogP contribution in [0.4, 0.5) is 0 Å². The second kappa shape index (κ2) is 8.70. The number of nitrogens with one attached hydrogen (secondary N) is 1. The van der Waals surface area contributed by atoms with Crippen LogP contribution >= 0.6 is 0 Å². The summed E-state index contributed by atoms with van der Waals surface area (Å²) in [5, 5.41) is 3.97. The van der Waals surface area contributed by atoms with E-state index in [1.807, 2.05) is 0 Å². The van der Waals surface area contributed by atoms with Gasteiger partial charge in [-0.15, -0.1) is 0 Å². The molecule has 0 aliphatic rings. The van der Waals surface area contributed by atoms with Crippen LogP contribution in [0.5, 0.6) is 17.2 Å². The molecular weight excluding hydrogens is 322 g/mol. The lowest BCUT2D eigenvalue weighted by Gasteiger charge is -2.13. The number of ether oxygens (including phenoxy) is 3. The minimum atomic E-state index is -0.320. The number of amides is 1. The lowest BCUT2D eigenvalue weighted by atomic mass is 10.1. The first-order valence-corrected chi connectivity index (χ1v) is 7.56. The Morgan fingerprint density at radius 3 is 2.28 bits per heavy atom. The van der Waals surface area contributed by atoms with Crippen molar-refractivity contribution < 1.29 is 19.0 Å². The molecule has 25 heavy (non-hydrogen) atoms. The van der Waals surface area contributed by atoms with Crippen LogP contribution in [0.1, 0.15) is 21.5 Å². The molecular formula is C18H21N3O4. The molecule has 0 aromatic heterocycles. The molecule has 0 bridgehead atoms. The number of carbonyl (C=O) groups is 1. The van der Waals surface area contributed by atoms with Crippen LogP contribution in [0, 0.1) is 0 Å². The maximum absolute atomic E-state index is 12.1. The molecule has 7 heteroatoms. The minimum Gasteiger partial charge on any atom is -0.493 e. The van der Waals surface area contributed by atoms with Gasteiger partial charge in [0, 0.05) is 17.7 Å². The van der Waals surface area contributed by atoms with Gasteiger partial charge >= 0.3 is 0 Å². The van der Waals surface area contributed by atoms with E-state index in [1.165, 1.54) is 20.4 Å². The monoisotopic (exact) mass is 343 g/mol. The molecule has 0 atom stereocenters. The quantitative estimate of drug-likeness (QED) is 0.592. The van der Waals surface area contributed by atoms with Crippen LogP contribution in [0.25, 0.3) is 0 Å². The van der Waals surface area contributed by atoms with E-state index in [2.05, 4.69) is 10.5 Å². The number of nitrogens with zero attached hydrogens (tertiary/aromatic N) is 1. The summed E-state index contributed by atoms with van der Waals surface area (Å²) in [5.41, 5.74) is 10.1. The number of methoxy groups -OCH3 is 3. The maximum atomic E-state index is 12.1. The number of carbonyl (C=O) groups excluding carboxylic acids is 1. The first-order valence-electron chi connectivity index (χ1n) is 7.56. The summed E-state index contributed by atoms with van der Waals surface area (Å²) in [6.45, 7) is 0.430. The van der Waals surface area contributed by atoms with Gasteiger partial charge in [0.1, 0.15) is 0 Å². The summed E-state index contributed by atoms with van der Waals surface area (Å²) >= 11 is 0. The van der Waals surface area contributed by atoms with Crippen LogP contribution in [0.2, 0.25) is 0 Å². The zero-order chi connectivity index (χ0) is 18.2. The number of hydrazone groups is 1. The van der Waals surface area contributed by atoms with Crippen molar-refractivity contribution in [2.45, 2.75) is 6.54 Å². The summed E-state index contributed by atoms with van der Waals surface area (Å²) in [5.74, 6) is 1.14. The SMILES string of the molecule is COc1ccc(C=NNC(=O)c2ccc(CN)cc2)c(OC)c1OC. The van der Waals surface area contributed by atoms with Crippen molar-refractivity contribution in [2.24, 2.45) is 10.8 Å². The Labute approximate surface area is 146 Å². The normalized spacial score (nSPS) is 10.6. The predicted octanol–water partition coefficient (Wildman–Crippen LogP) is 1.93. The highest BCUT2D eigenvalue weighted by Crippen LogP contribution is 2.38. The third kappa shape index (κ3) is 4.27. The third-order valence-corrected chi connectivity index (χ3v) is 3.56. The molecule has 3 N–H and O–H groups in total. The van der Waals surface area contributed by atoms with Gasteiger partial charge in [-0.05, 0) is 29.8 Å². The Morgan fingerprint density at radius 2 is 1.72 bits per heavy atom. The highest BCUT2D eigenvalue weighted by Gasteiger charge is 2.14. The van der Waals surface area contributed by atoms with E-state index in [1.54, 1.807) is 43.5 Å². The van der Waals surface area contributed by atoms with Crippen molar-refractivity contribution in [2.75, 3.05) is 21.3 Å². The summed E-state index contributed by atoms with van der Waals surface area (Å²) in [7, 11) is 4.58. The highest BCUT2D eigenvalue weighted by atomic mass is 16.5. The molecule has 0 radical (unpaired) electrons. The molecule has 0 unspecified atom stereocenters. The van der Waals surface area contributed by atoms with Gasteiger partial charge < -0.3 is 19.9 Å². The standard InChI is InChI=1S/C18H21N3O4/c1-23-15-9-8-14(16(24-2)17(15)25-3)11-20-21-18(22)13-6-4-12(10-19)5-7-13/h4-9,11H,10,19H2,1-3H3,(H,21,22). The van der Waals surface area contributed by atoms with Crippen LogP contribution < -0.4 is 25.4 Å². The fourth-order valence-corrected chi connectivity index (χ4v) is 2.24. The molecule has 1 amide bonds. The van der Waals surface area contributed by atoms with Gasteiger partial charge in [0.25, 0.3) is 5.91 Å². The topological polar surface area (TPSA) is 95.2 Å². The molecule has 0 aliphatic carbocycles. The lowest BCUT2D eigenvalue weighted by molar-refractivity contribution is 0.0955. The Morgan fingerprint density at radius 1 is 1.04 bits per heavy atom. The number of rotatable bonds is 7. The van der Waals surface area contributed by atoms with E-state index >= 15 is 0 Å². The fourth-order valence-electron chi connectivity index (χ4n) is 2.24. The zero-order valence-corrected chi connectivity index (χ0v) is 14.4. The maximum Gasteiger partial charge on any atom is 0.271 e. The van der Waals surface area contributed by atoms with E-state index in [0.29, 0.717) is 34.9 Å². The molecule has 132 valence electrons. The first kappa shape index (κ1) is 18.3. The van der Waals surface area contributed by atoms with Gasteiger partial charge in [-0.1, -0.05) is 12.1 Å². The average Bonchev–Trinajstić information content (AvgIpc) is 2.67. The molecule has 0 spiro atoms. The van der Waals surface area contributed by atoms with Gasteiger partial charge in [0.2, 0.25) is 5.75 Å². The van der Waals surface area contributed by atoms with E-state index in [0.717, 1.165) is 5.56 Å². The number of nitrogens with two attached hydrogens (primary N) is 1. The van der Waals surface area contributed by atoms with E-state index in [9.17, 15) is 4.79 Å². The molecule has 7 nitrogen and oxygen atoms in total. The zero-order valence-electron chi connectivity index (χ0n) is 14.4. The Kier molecular flexibility index (Phi) is 6.36. The van der Waals surface area contributed by atoms with Crippen molar-refractivity contribution >= 4 is 12.1 Å². The molecule has 0 saturated heterocycles. The number of hydrogen-bond donors (Lipinski definition) is 2. The highest BCUT2D eigenvalue weighted by molar-refractivity contribution is 5.95. The molecule has 2 aromatic carbocycles. The second-order valence-electron chi connectivity index (χ2n) is 5.02. The second-order valence-corrected chi connectivity index (χ2v) is 5.02. The van der Waals surface area contributed by atoms with Crippen molar-refractivity contribution in [1.82, 2.24) is 5.43 Å². The van der Waals surface area contributed by atoms with Crippen molar-refractivity contribution in [3.8, 4) is 17.2 Å². The smallest absolute Gasteiger partial charge is 0.271 e. The molecule has 0 saturated carbocycles. The minimum absolute atomic E-state index is 0.320. The number of hydrogen-bond acceptors (Lipinski definition) is 6. The predicted molar refractivity (Wildman–Crippen MR) is 95.5 cm³/mol. The largest absolute Gasteiger partial charge is 0.493 e. The Balaban J connectivity index is 2.14. The van der Waals surface area contributed by atoms with Crippen molar-refractivity contribution in [3.63, 3.8) is 0 Å². The lowest BCUT2D eigenvalue weighted by Crippen LogP contribution is -2.17. The van der Waals surface area contributed by atoms with Gasteiger partial charge in [0.15, 0.2) is 11.5 Å². The van der Waals surface area contributed by atoms with Crippen LogP contribution in [0.15, 0.2) is 41.5 Å². The van der Waals surface area contributed by atoms with Gasteiger partial charge in [0.05, 0.1) is 27.5 Å². The van der Waals surface area contributed by atoms with Crippen molar-refractivity contribution in [3.05, 3.63) is 53.1 Å². The summed E-state index contributed by atoms with van der Waals surface area (Å²) in [6.07, 6.45) is 1.48. The fraction of sp³-hybridized carbons (Fsp3) is 0.222. The van der Waals surface area contributed by atoms with Crippen LogP contribution in [0.3, 0.4) is 0 Å². The molecule has 0 heterocycles. The molecule has 2 aromatic rings. The van der Waals surface area contributed by atoms with E-state index in [-0.39, 0.29) is 5.91 Å². The van der Waals surface area contributed by atoms with Crippen LogP contribution in [-0.2, 0) is 6.54 Å². The Bertz CT molecular complexity index is 758.